The van der Waals surface area contributed by atoms with Crippen molar-refractivity contribution >= 4 is 0 Å². The van der Waals surface area contributed by atoms with E-state index in [9.17, 15) is 0 Å². The maximum absolute atomic E-state index is 9.02. The zero-order valence-corrected chi connectivity index (χ0v) is 13.1. The quantitative estimate of drug-likeness (QED) is 0.673. The van der Waals surface area contributed by atoms with Crippen molar-refractivity contribution in [2.45, 2.75) is 6.92 Å². The second-order valence-electron chi connectivity index (χ2n) is 5.30. The standard InChI is InChI=1S/C16H17N6/c1-11-8-15(21(3)18-11)13-6-5-7-14(20(13)2)16-9-12(10-17)19-22(16)4/h5-9H,1-4H3/q+1. The minimum Gasteiger partial charge on any atom is -0.262 e. The van der Waals surface area contributed by atoms with Crippen LogP contribution in [0, 0.1) is 18.3 Å². The van der Waals surface area contributed by atoms with Gasteiger partial charge in [0.2, 0.25) is 11.4 Å². The molecule has 0 unspecified atom stereocenters. The predicted molar refractivity (Wildman–Crippen MR) is 81.5 cm³/mol. The van der Waals surface area contributed by atoms with Crippen LogP contribution in [0.5, 0.6) is 0 Å². The Labute approximate surface area is 128 Å². The fraction of sp³-hybridized carbons (Fsp3) is 0.250. The summed E-state index contributed by atoms with van der Waals surface area (Å²) in [6.45, 7) is 1.98. The molecule has 0 atom stereocenters. The highest BCUT2D eigenvalue weighted by Gasteiger charge is 2.21. The molecule has 3 heterocycles. The number of hydrogen-bond donors (Lipinski definition) is 0. The Morgan fingerprint density at radius 3 is 2.14 bits per heavy atom. The average Bonchev–Trinajstić information content (AvgIpc) is 3.01. The monoisotopic (exact) mass is 293 g/mol. The van der Waals surface area contributed by atoms with Crippen molar-refractivity contribution in [3.05, 3.63) is 41.7 Å². The zero-order valence-electron chi connectivity index (χ0n) is 13.1. The first-order valence-corrected chi connectivity index (χ1v) is 6.96. The maximum Gasteiger partial charge on any atom is 0.231 e. The van der Waals surface area contributed by atoms with Crippen LogP contribution in [0.4, 0.5) is 0 Å². The molecular formula is C16H17N6+. The van der Waals surface area contributed by atoms with Crippen molar-refractivity contribution in [3.63, 3.8) is 0 Å². The fourth-order valence-corrected chi connectivity index (χ4v) is 2.71. The van der Waals surface area contributed by atoms with Gasteiger partial charge in [0.1, 0.15) is 24.5 Å². The third-order valence-corrected chi connectivity index (χ3v) is 3.75. The number of pyridine rings is 1. The number of nitrogens with zero attached hydrogens (tertiary/aromatic N) is 6. The molecule has 3 aromatic rings. The van der Waals surface area contributed by atoms with Crippen LogP contribution < -0.4 is 4.57 Å². The molecule has 0 aromatic carbocycles. The van der Waals surface area contributed by atoms with Crippen molar-refractivity contribution in [2.24, 2.45) is 21.1 Å². The Kier molecular flexibility index (Phi) is 3.26. The second kappa shape index (κ2) is 5.11. The van der Waals surface area contributed by atoms with Gasteiger partial charge in [-0.25, -0.2) is 0 Å². The van der Waals surface area contributed by atoms with Crippen molar-refractivity contribution < 1.29 is 4.57 Å². The van der Waals surface area contributed by atoms with Crippen LogP contribution >= 0.6 is 0 Å². The molecular weight excluding hydrogens is 276 g/mol. The highest BCUT2D eigenvalue weighted by atomic mass is 15.3. The molecule has 0 aliphatic carbocycles. The Morgan fingerprint density at radius 1 is 1.05 bits per heavy atom. The summed E-state index contributed by atoms with van der Waals surface area (Å²) >= 11 is 0. The van der Waals surface area contributed by atoms with Gasteiger partial charge in [-0.3, -0.25) is 9.36 Å². The third-order valence-electron chi connectivity index (χ3n) is 3.75. The van der Waals surface area contributed by atoms with Gasteiger partial charge in [0.05, 0.1) is 5.69 Å². The summed E-state index contributed by atoms with van der Waals surface area (Å²) in [5.41, 5.74) is 5.40. The van der Waals surface area contributed by atoms with Crippen LogP contribution in [0.3, 0.4) is 0 Å². The summed E-state index contributed by atoms with van der Waals surface area (Å²) in [4.78, 5) is 0. The van der Waals surface area contributed by atoms with Gasteiger partial charge >= 0.3 is 0 Å². The SMILES string of the molecule is Cc1cc(-c2cccc(-c3cc(C#N)nn3C)[n+]2C)n(C)n1. The molecule has 0 amide bonds. The van der Waals surface area contributed by atoms with Crippen LogP contribution in [0.15, 0.2) is 30.3 Å². The van der Waals surface area contributed by atoms with Gasteiger partial charge in [-0.2, -0.15) is 20.0 Å². The highest BCUT2D eigenvalue weighted by Crippen LogP contribution is 2.21. The Bertz CT molecular complexity index is 894. The molecule has 0 bridgehead atoms. The van der Waals surface area contributed by atoms with Crippen molar-refractivity contribution in [3.8, 4) is 28.8 Å². The molecule has 3 aromatic heterocycles. The predicted octanol–water partition coefficient (Wildman–Crippen LogP) is 1.49. The summed E-state index contributed by atoms with van der Waals surface area (Å²) in [6.07, 6.45) is 0. The molecule has 0 fully saturated rings. The van der Waals surface area contributed by atoms with Crippen molar-refractivity contribution in [1.29, 1.82) is 5.26 Å². The number of hydrogen-bond acceptors (Lipinski definition) is 3. The molecule has 0 radical (unpaired) electrons. The molecule has 0 saturated carbocycles. The van der Waals surface area contributed by atoms with Crippen LogP contribution in [-0.2, 0) is 21.1 Å². The Morgan fingerprint density at radius 2 is 1.64 bits per heavy atom. The molecule has 0 spiro atoms. The third kappa shape index (κ3) is 2.17. The number of rotatable bonds is 2. The number of aryl methyl sites for hydroxylation is 3. The summed E-state index contributed by atoms with van der Waals surface area (Å²) < 4.78 is 5.69. The van der Waals surface area contributed by atoms with E-state index in [-0.39, 0.29) is 0 Å². The van der Waals surface area contributed by atoms with Gasteiger partial charge < -0.3 is 0 Å². The van der Waals surface area contributed by atoms with E-state index in [1.54, 1.807) is 10.7 Å². The first kappa shape index (κ1) is 14.0. The lowest BCUT2D eigenvalue weighted by atomic mass is 10.2. The minimum absolute atomic E-state index is 0.416. The topological polar surface area (TPSA) is 63.3 Å². The van der Waals surface area contributed by atoms with Gasteiger partial charge in [0.15, 0.2) is 5.69 Å². The van der Waals surface area contributed by atoms with Crippen molar-refractivity contribution in [1.82, 2.24) is 19.6 Å². The fourth-order valence-electron chi connectivity index (χ4n) is 2.71. The van der Waals surface area contributed by atoms with Crippen molar-refractivity contribution in [2.75, 3.05) is 0 Å². The second-order valence-corrected chi connectivity index (χ2v) is 5.30. The van der Waals surface area contributed by atoms with Gasteiger partial charge in [-0.15, -0.1) is 0 Å². The Hall–Kier alpha value is -2.94. The lowest BCUT2D eigenvalue weighted by Crippen LogP contribution is -2.34. The highest BCUT2D eigenvalue weighted by molar-refractivity contribution is 5.58. The van der Waals surface area contributed by atoms with E-state index in [4.69, 9.17) is 5.26 Å². The van der Waals surface area contributed by atoms with E-state index in [1.165, 1.54) is 0 Å². The van der Waals surface area contributed by atoms with Crippen LogP contribution in [0.1, 0.15) is 11.4 Å². The number of nitriles is 1. The molecule has 3 rings (SSSR count). The lowest BCUT2D eigenvalue weighted by Gasteiger charge is -2.05. The van der Waals surface area contributed by atoms with Gasteiger partial charge in [-0.1, -0.05) is 0 Å². The summed E-state index contributed by atoms with van der Waals surface area (Å²) in [6, 6.07) is 12.0. The zero-order chi connectivity index (χ0) is 15.9. The Balaban J connectivity index is 2.20. The summed E-state index contributed by atoms with van der Waals surface area (Å²) in [5.74, 6) is 0. The van der Waals surface area contributed by atoms with E-state index in [0.717, 1.165) is 28.5 Å². The van der Waals surface area contributed by atoms with E-state index < -0.39 is 0 Å². The molecule has 22 heavy (non-hydrogen) atoms. The molecule has 6 heteroatoms. The molecule has 0 saturated heterocycles. The van der Waals surface area contributed by atoms with Gasteiger partial charge in [0, 0.05) is 32.3 Å². The summed E-state index contributed by atoms with van der Waals surface area (Å²) in [7, 11) is 5.79. The smallest absolute Gasteiger partial charge is 0.231 e. The van der Waals surface area contributed by atoms with E-state index >= 15 is 0 Å². The molecule has 110 valence electrons. The molecule has 0 aliphatic rings. The number of aromatic nitrogens is 5. The van der Waals surface area contributed by atoms with E-state index in [2.05, 4.69) is 33.0 Å². The maximum atomic E-state index is 9.02. The van der Waals surface area contributed by atoms with E-state index in [0.29, 0.717) is 5.69 Å². The van der Waals surface area contributed by atoms with E-state index in [1.807, 2.05) is 44.9 Å². The first-order chi connectivity index (χ1) is 10.5. The molecule has 6 nitrogen and oxygen atoms in total. The van der Waals surface area contributed by atoms with Gasteiger partial charge in [0.25, 0.3) is 0 Å². The van der Waals surface area contributed by atoms with Crippen LogP contribution in [0.2, 0.25) is 0 Å². The lowest BCUT2D eigenvalue weighted by molar-refractivity contribution is -0.649. The van der Waals surface area contributed by atoms with Crippen LogP contribution in [-0.4, -0.2) is 19.6 Å². The first-order valence-electron chi connectivity index (χ1n) is 6.96. The normalized spacial score (nSPS) is 10.7. The van der Waals surface area contributed by atoms with Crippen LogP contribution in [0.25, 0.3) is 22.8 Å². The molecule has 0 N–H and O–H groups in total. The minimum atomic E-state index is 0.416. The molecule has 0 aliphatic heterocycles. The van der Waals surface area contributed by atoms with Gasteiger partial charge in [-0.05, 0) is 19.1 Å². The summed E-state index contributed by atoms with van der Waals surface area (Å²) in [5, 5.41) is 17.6. The largest absolute Gasteiger partial charge is 0.262 e. The average molecular weight is 293 g/mol.